The summed E-state index contributed by atoms with van der Waals surface area (Å²) in [6.07, 6.45) is 4.37. The van der Waals surface area contributed by atoms with E-state index in [-0.39, 0.29) is 25.1 Å². The molecule has 24 heavy (non-hydrogen) atoms. The summed E-state index contributed by atoms with van der Waals surface area (Å²) in [5, 5.41) is 2.90. The van der Waals surface area contributed by atoms with Crippen LogP contribution in [0.25, 0.3) is 0 Å². The zero-order chi connectivity index (χ0) is 17.7. The second kappa shape index (κ2) is 7.94. The van der Waals surface area contributed by atoms with Crippen LogP contribution in [0.15, 0.2) is 21.9 Å². The molecule has 1 fully saturated rings. The zero-order valence-electron chi connectivity index (χ0n) is 13.9. The van der Waals surface area contributed by atoms with Crippen LogP contribution in [-0.2, 0) is 20.9 Å². The van der Waals surface area contributed by atoms with Crippen molar-refractivity contribution in [2.24, 2.45) is 11.8 Å². The van der Waals surface area contributed by atoms with Crippen LogP contribution in [0.4, 0.5) is 0 Å². The molecule has 1 aliphatic rings. The monoisotopic (exact) mass is 337 g/mol. The highest BCUT2D eigenvalue weighted by Gasteiger charge is 2.28. The third kappa shape index (κ3) is 4.81. The molecular weight excluding hydrogens is 314 g/mol. The van der Waals surface area contributed by atoms with Crippen molar-refractivity contribution < 1.29 is 14.3 Å². The van der Waals surface area contributed by atoms with Gasteiger partial charge >= 0.3 is 11.7 Å². The fourth-order valence-electron chi connectivity index (χ4n) is 2.93. The molecule has 1 aromatic heterocycles. The van der Waals surface area contributed by atoms with Crippen LogP contribution in [-0.4, -0.2) is 34.1 Å². The van der Waals surface area contributed by atoms with Crippen LogP contribution >= 0.6 is 0 Å². The van der Waals surface area contributed by atoms with Crippen molar-refractivity contribution in [3.63, 3.8) is 0 Å². The van der Waals surface area contributed by atoms with Crippen molar-refractivity contribution in [1.29, 1.82) is 0 Å². The number of nitrogens with one attached hydrogen (secondary N) is 2. The van der Waals surface area contributed by atoms with E-state index in [0.717, 1.165) is 29.9 Å². The molecule has 1 heterocycles. The van der Waals surface area contributed by atoms with Gasteiger partial charge < -0.3 is 10.1 Å². The first-order valence-electron chi connectivity index (χ1n) is 8.11. The largest absolute Gasteiger partial charge is 0.454 e. The minimum Gasteiger partial charge on any atom is -0.454 e. The highest BCUT2D eigenvalue weighted by molar-refractivity contribution is 5.80. The molecule has 0 unspecified atom stereocenters. The Morgan fingerprint density at radius 1 is 1.33 bits per heavy atom. The van der Waals surface area contributed by atoms with Gasteiger partial charge in [-0.2, -0.15) is 0 Å². The number of carbonyl (C=O) groups excluding carboxylic acids is 2. The summed E-state index contributed by atoms with van der Waals surface area (Å²) in [7, 11) is 0. The van der Waals surface area contributed by atoms with Gasteiger partial charge in [0.15, 0.2) is 6.61 Å². The zero-order valence-corrected chi connectivity index (χ0v) is 13.9. The van der Waals surface area contributed by atoms with E-state index in [1.165, 1.54) is 6.20 Å². The second-order valence-corrected chi connectivity index (χ2v) is 6.34. The molecule has 1 amide bonds. The van der Waals surface area contributed by atoms with E-state index in [1.54, 1.807) is 0 Å². The quantitative estimate of drug-likeness (QED) is 0.736. The molecule has 1 aliphatic carbocycles. The van der Waals surface area contributed by atoms with E-state index < -0.39 is 17.2 Å². The molecule has 1 saturated carbocycles. The normalized spacial score (nSPS) is 23.5. The molecule has 0 radical (unpaired) electrons. The number of rotatable bonds is 5. The Labute approximate surface area is 139 Å². The molecule has 132 valence electrons. The fourth-order valence-corrected chi connectivity index (χ4v) is 2.93. The number of esters is 1. The molecule has 2 N–H and O–H groups in total. The van der Waals surface area contributed by atoms with Crippen molar-refractivity contribution >= 4 is 11.9 Å². The summed E-state index contributed by atoms with van der Waals surface area (Å²) in [5.74, 6) is -0.121. The Balaban J connectivity index is 1.79. The maximum Gasteiger partial charge on any atom is 0.328 e. The number of aromatic nitrogens is 2. The van der Waals surface area contributed by atoms with Crippen molar-refractivity contribution in [3.8, 4) is 0 Å². The first-order chi connectivity index (χ1) is 11.4. The molecule has 0 bridgehead atoms. The number of hydrogen-bond acceptors (Lipinski definition) is 5. The lowest BCUT2D eigenvalue weighted by atomic mass is 9.78. The van der Waals surface area contributed by atoms with Crippen LogP contribution < -0.4 is 16.6 Å². The highest BCUT2D eigenvalue weighted by Crippen LogP contribution is 2.29. The molecule has 0 aromatic carbocycles. The van der Waals surface area contributed by atoms with Gasteiger partial charge in [-0.1, -0.05) is 26.7 Å². The van der Waals surface area contributed by atoms with Gasteiger partial charge in [-0.3, -0.25) is 23.9 Å². The van der Waals surface area contributed by atoms with Gasteiger partial charge in [-0.15, -0.1) is 0 Å². The SMILES string of the molecule is C[C@H]1[C@@H](NC(=O)COC(=O)Cn2ccc(=O)[nH]c2=O)CCC[C@@H]1C. The van der Waals surface area contributed by atoms with Crippen LogP contribution in [0.1, 0.15) is 33.1 Å². The van der Waals surface area contributed by atoms with E-state index in [2.05, 4.69) is 19.2 Å². The molecule has 0 aliphatic heterocycles. The molecule has 8 nitrogen and oxygen atoms in total. The van der Waals surface area contributed by atoms with Crippen molar-refractivity contribution in [2.45, 2.75) is 45.7 Å². The molecule has 3 atom stereocenters. The highest BCUT2D eigenvalue weighted by atomic mass is 16.5. The Kier molecular flexibility index (Phi) is 5.94. The number of carbonyl (C=O) groups is 2. The van der Waals surface area contributed by atoms with Gasteiger partial charge in [0.2, 0.25) is 0 Å². The van der Waals surface area contributed by atoms with Gasteiger partial charge in [0.25, 0.3) is 11.5 Å². The molecule has 8 heteroatoms. The number of aromatic amines is 1. The topological polar surface area (TPSA) is 110 Å². The summed E-state index contributed by atoms with van der Waals surface area (Å²) >= 11 is 0. The minimum absolute atomic E-state index is 0.0989. The van der Waals surface area contributed by atoms with Gasteiger partial charge in [0.05, 0.1) is 0 Å². The predicted molar refractivity (Wildman–Crippen MR) is 86.4 cm³/mol. The third-order valence-corrected chi connectivity index (χ3v) is 4.61. The lowest BCUT2D eigenvalue weighted by Gasteiger charge is -2.34. The number of H-pyrrole nitrogens is 1. The molecule has 0 saturated heterocycles. The van der Waals surface area contributed by atoms with Crippen LogP contribution in [0.3, 0.4) is 0 Å². The molecule has 2 rings (SSSR count). The van der Waals surface area contributed by atoms with Crippen molar-refractivity contribution in [2.75, 3.05) is 6.61 Å². The minimum atomic E-state index is -0.718. The van der Waals surface area contributed by atoms with Gasteiger partial charge in [-0.05, 0) is 18.3 Å². The standard InChI is InChI=1S/C16H23N3O5/c1-10-4-3-5-12(11(10)2)17-14(21)9-24-15(22)8-19-7-6-13(20)18-16(19)23/h6-7,10-12H,3-5,8-9H2,1-2H3,(H,17,21)(H,18,20,23)/t10-,11+,12-/m0/s1. The van der Waals surface area contributed by atoms with Gasteiger partial charge in [0.1, 0.15) is 6.54 Å². The maximum absolute atomic E-state index is 11.9. The molecule has 0 spiro atoms. The van der Waals surface area contributed by atoms with Crippen molar-refractivity contribution in [3.05, 3.63) is 33.1 Å². The Morgan fingerprint density at radius 3 is 2.79 bits per heavy atom. The van der Waals surface area contributed by atoms with Crippen LogP contribution in [0.2, 0.25) is 0 Å². The van der Waals surface area contributed by atoms with Crippen LogP contribution in [0.5, 0.6) is 0 Å². The van der Waals surface area contributed by atoms with Gasteiger partial charge in [0, 0.05) is 18.3 Å². The summed E-state index contributed by atoms with van der Waals surface area (Å²) in [6.45, 7) is 3.54. The Morgan fingerprint density at radius 2 is 2.08 bits per heavy atom. The van der Waals surface area contributed by atoms with E-state index in [0.29, 0.717) is 11.8 Å². The number of hydrogen-bond donors (Lipinski definition) is 2. The second-order valence-electron chi connectivity index (χ2n) is 6.34. The molecular formula is C16H23N3O5. The average Bonchev–Trinajstić information content (AvgIpc) is 2.53. The van der Waals surface area contributed by atoms with Crippen molar-refractivity contribution in [1.82, 2.24) is 14.9 Å². The van der Waals surface area contributed by atoms with E-state index in [4.69, 9.17) is 4.74 Å². The number of nitrogens with zero attached hydrogens (tertiary/aromatic N) is 1. The van der Waals surface area contributed by atoms with E-state index >= 15 is 0 Å². The smallest absolute Gasteiger partial charge is 0.328 e. The lowest BCUT2D eigenvalue weighted by Crippen LogP contribution is -2.45. The summed E-state index contributed by atoms with van der Waals surface area (Å²) in [6, 6.07) is 1.23. The summed E-state index contributed by atoms with van der Waals surface area (Å²) < 4.78 is 5.90. The third-order valence-electron chi connectivity index (χ3n) is 4.61. The average molecular weight is 337 g/mol. The Bertz CT molecular complexity index is 708. The van der Waals surface area contributed by atoms with Crippen LogP contribution in [0, 0.1) is 11.8 Å². The Hall–Kier alpha value is -2.38. The maximum atomic E-state index is 11.9. The van der Waals surface area contributed by atoms with E-state index in [1.807, 2.05) is 4.98 Å². The van der Waals surface area contributed by atoms with Gasteiger partial charge in [-0.25, -0.2) is 4.79 Å². The summed E-state index contributed by atoms with van der Waals surface area (Å²) in [5.41, 5.74) is -1.24. The lowest BCUT2D eigenvalue weighted by molar-refractivity contribution is -0.149. The summed E-state index contributed by atoms with van der Waals surface area (Å²) in [4.78, 5) is 48.1. The first kappa shape index (κ1) is 18.0. The molecule has 1 aromatic rings. The van der Waals surface area contributed by atoms with E-state index in [9.17, 15) is 19.2 Å². The number of amides is 1. The predicted octanol–water partition coefficient (Wildman–Crippen LogP) is 0.0207. The number of ether oxygens (including phenoxy) is 1. The fraction of sp³-hybridized carbons (Fsp3) is 0.625. The first-order valence-corrected chi connectivity index (χ1v) is 8.11.